The number of carbonyl (C=O) groups is 2. The predicted molar refractivity (Wildman–Crippen MR) is 80.5 cm³/mol. The van der Waals surface area contributed by atoms with Crippen molar-refractivity contribution in [2.45, 2.75) is 32.9 Å². The van der Waals surface area contributed by atoms with Crippen LogP contribution in [0.15, 0.2) is 30.3 Å². The van der Waals surface area contributed by atoms with Gasteiger partial charge in [0.25, 0.3) is 0 Å². The minimum absolute atomic E-state index is 0.0403. The van der Waals surface area contributed by atoms with E-state index < -0.39 is 11.8 Å². The Morgan fingerprint density at radius 2 is 1.90 bits per heavy atom. The summed E-state index contributed by atoms with van der Waals surface area (Å²) in [6.45, 7) is 4.64. The lowest BCUT2D eigenvalue weighted by molar-refractivity contribution is -0.147. The molecule has 0 aromatic heterocycles. The highest BCUT2D eigenvalue weighted by Crippen LogP contribution is 2.08. The Hall–Kier alpha value is -1.55. The zero-order valence-electron chi connectivity index (χ0n) is 11.9. The molecule has 0 saturated carbocycles. The van der Waals surface area contributed by atoms with E-state index in [0.29, 0.717) is 25.4 Å². The molecule has 2 amide bonds. The van der Waals surface area contributed by atoms with Crippen molar-refractivity contribution >= 4 is 23.4 Å². The van der Waals surface area contributed by atoms with Crippen molar-refractivity contribution < 1.29 is 9.59 Å². The molecule has 0 heterocycles. The molecule has 1 aromatic carbocycles. The van der Waals surface area contributed by atoms with Crippen LogP contribution in [0.2, 0.25) is 0 Å². The monoisotopic (exact) mass is 296 g/mol. The van der Waals surface area contributed by atoms with Gasteiger partial charge in [0, 0.05) is 25.0 Å². The Balaban J connectivity index is 2.66. The van der Waals surface area contributed by atoms with Crippen LogP contribution < -0.4 is 5.32 Å². The van der Waals surface area contributed by atoms with Crippen LogP contribution in [0.1, 0.15) is 25.8 Å². The molecule has 0 aliphatic rings. The molecule has 1 N–H and O–H groups in total. The van der Waals surface area contributed by atoms with Gasteiger partial charge in [-0.05, 0) is 25.8 Å². The molecule has 0 spiro atoms. The second-order valence-electron chi connectivity index (χ2n) is 4.81. The number of hydrogen-bond acceptors (Lipinski definition) is 2. The Kier molecular flexibility index (Phi) is 7.09. The fraction of sp³-hybridized carbons (Fsp3) is 0.467. The van der Waals surface area contributed by atoms with Crippen LogP contribution in [-0.2, 0) is 16.1 Å². The van der Waals surface area contributed by atoms with Crippen molar-refractivity contribution in [2.75, 3.05) is 12.4 Å². The van der Waals surface area contributed by atoms with E-state index in [1.807, 2.05) is 44.2 Å². The number of hydrogen-bond donors (Lipinski definition) is 1. The quantitative estimate of drug-likeness (QED) is 0.497. The fourth-order valence-electron chi connectivity index (χ4n) is 1.74. The molecule has 0 saturated heterocycles. The normalized spacial score (nSPS) is 10.4. The van der Waals surface area contributed by atoms with E-state index in [-0.39, 0.29) is 6.04 Å². The van der Waals surface area contributed by atoms with Crippen LogP contribution in [0, 0.1) is 0 Å². The van der Waals surface area contributed by atoms with Gasteiger partial charge in [-0.15, -0.1) is 11.6 Å². The molecule has 1 aromatic rings. The molecule has 0 aliphatic carbocycles. The average molecular weight is 297 g/mol. The van der Waals surface area contributed by atoms with Gasteiger partial charge in [0.2, 0.25) is 0 Å². The smallest absolute Gasteiger partial charge is 0.312 e. The lowest BCUT2D eigenvalue weighted by Gasteiger charge is -2.26. The molecule has 20 heavy (non-hydrogen) atoms. The number of carbonyl (C=O) groups excluding carboxylic acids is 2. The van der Waals surface area contributed by atoms with Crippen molar-refractivity contribution in [1.82, 2.24) is 10.2 Å². The van der Waals surface area contributed by atoms with Crippen molar-refractivity contribution in [1.29, 1.82) is 0 Å². The van der Waals surface area contributed by atoms with Crippen LogP contribution in [0.3, 0.4) is 0 Å². The van der Waals surface area contributed by atoms with Gasteiger partial charge in [-0.1, -0.05) is 30.3 Å². The topological polar surface area (TPSA) is 49.4 Å². The molecule has 0 radical (unpaired) electrons. The SMILES string of the molecule is CC(C)N(Cc1ccccc1)C(=O)C(=O)NCCCCl. The Bertz CT molecular complexity index is 435. The molecule has 0 atom stereocenters. The largest absolute Gasteiger partial charge is 0.348 e. The maximum atomic E-state index is 12.2. The molecule has 4 nitrogen and oxygen atoms in total. The van der Waals surface area contributed by atoms with Gasteiger partial charge in [-0.25, -0.2) is 0 Å². The molecule has 5 heteroatoms. The molecule has 0 fully saturated rings. The summed E-state index contributed by atoms with van der Waals surface area (Å²) in [4.78, 5) is 25.5. The van der Waals surface area contributed by atoms with E-state index in [9.17, 15) is 9.59 Å². The van der Waals surface area contributed by atoms with Crippen LogP contribution >= 0.6 is 11.6 Å². The van der Waals surface area contributed by atoms with E-state index >= 15 is 0 Å². The van der Waals surface area contributed by atoms with Crippen molar-refractivity contribution in [2.24, 2.45) is 0 Å². The second-order valence-corrected chi connectivity index (χ2v) is 5.19. The Morgan fingerprint density at radius 3 is 2.45 bits per heavy atom. The van der Waals surface area contributed by atoms with Crippen molar-refractivity contribution in [3.8, 4) is 0 Å². The summed E-state index contributed by atoms with van der Waals surface area (Å²) in [6, 6.07) is 9.59. The summed E-state index contributed by atoms with van der Waals surface area (Å²) in [5, 5.41) is 2.59. The Morgan fingerprint density at radius 1 is 1.25 bits per heavy atom. The highest BCUT2D eigenvalue weighted by atomic mass is 35.5. The zero-order chi connectivity index (χ0) is 15.0. The van der Waals surface area contributed by atoms with E-state index in [1.54, 1.807) is 4.90 Å². The zero-order valence-corrected chi connectivity index (χ0v) is 12.7. The number of nitrogens with zero attached hydrogens (tertiary/aromatic N) is 1. The third-order valence-electron chi connectivity index (χ3n) is 2.87. The number of rotatable bonds is 6. The maximum Gasteiger partial charge on any atom is 0.312 e. The lowest BCUT2D eigenvalue weighted by atomic mass is 10.2. The van der Waals surface area contributed by atoms with E-state index in [2.05, 4.69) is 5.32 Å². The first kappa shape index (κ1) is 16.5. The standard InChI is InChI=1S/C15H21ClN2O2/c1-12(2)18(11-13-7-4-3-5-8-13)15(20)14(19)17-10-6-9-16/h3-5,7-8,12H,6,9-11H2,1-2H3,(H,17,19). The van der Waals surface area contributed by atoms with E-state index in [1.165, 1.54) is 0 Å². The molecule has 0 unspecified atom stereocenters. The molecular formula is C15H21ClN2O2. The summed E-state index contributed by atoms with van der Waals surface area (Å²) in [5.74, 6) is -0.606. The number of nitrogens with one attached hydrogen (secondary N) is 1. The summed E-state index contributed by atoms with van der Waals surface area (Å²) in [6.07, 6.45) is 0.654. The molecule has 0 bridgehead atoms. The molecule has 0 aliphatic heterocycles. The number of alkyl halides is 1. The predicted octanol–water partition coefficient (Wildman–Crippen LogP) is 2.17. The van der Waals surface area contributed by atoms with E-state index in [4.69, 9.17) is 11.6 Å². The lowest BCUT2D eigenvalue weighted by Crippen LogP contribution is -2.46. The van der Waals surface area contributed by atoms with Gasteiger partial charge in [-0.3, -0.25) is 9.59 Å². The molecule has 1 rings (SSSR count). The minimum atomic E-state index is -0.570. The highest BCUT2D eigenvalue weighted by Gasteiger charge is 2.23. The van der Waals surface area contributed by atoms with Crippen LogP contribution in [0.4, 0.5) is 0 Å². The third kappa shape index (κ3) is 5.21. The maximum absolute atomic E-state index is 12.2. The van der Waals surface area contributed by atoms with Gasteiger partial charge in [0.15, 0.2) is 0 Å². The van der Waals surface area contributed by atoms with Gasteiger partial charge >= 0.3 is 11.8 Å². The fourth-order valence-corrected chi connectivity index (χ4v) is 1.88. The number of amides is 2. The third-order valence-corrected chi connectivity index (χ3v) is 3.14. The first-order valence-corrected chi connectivity index (χ1v) is 7.28. The van der Waals surface area contributed by atoms with Crippen molar-refractivity contribution in [3.05, 3.63) is 35.9 Å². The van der Waals surface area contributed by atoms with Crippen LogP contribution in [-0.4, -0.2) is 35.2 Å². The minimum Gasteiger partial charge on any atom is -0.348 e. The number of benzene rings is 1. The van der Waals surface area contributed by atoms with Crippen molar-refractivity contribution in [3.63, 3.8) is 0 Å². The Labute approximate surface area is 125 Å². The van der Waals surface area contributed by atoms with Crippen LogP contribution in [0.5, 0.6) is 0 Å². The highest BCUT2D eigenvalue weighted by molar-refractivity contribution is 6.35. The molecule has 110 valence electrons. The summed E-state index contributed by atoms with van der Waals surface area (Å²) >= 11 is 5.54. The van der Waals surface area contributed by atoms with Gasteiger partial charge < -0.3 is 10.2 Å². The summed E-state index contributed by atoms with van der Waals surface area (Å²) in [7, 11) is 0. The summed E-state index contributed by atoms with van der Waals surface area (Å²) < 4.78 is 0. The first-order chi connectivity index (χ1) is 9.56. The second kappa shape index (κ2) is 8.59. The summed E-state index contributed by atoms with van der Waals surface area (Å²) in [5.41, 5.74) is 1.00. The van der Waals surface area contributed by atoms with Gasteiger partial charge in [-0.2, -0.15) is 0 Å². The average Bonchev–Trinajstić information content (AvgIpc) is 2.45. The van der Waals surface area contributed by atoms with E-state index in [0.717, 1.165) is 5.56 Å². The van der Waals surface area contributed by atoms with Gasteiger partial charge in [0.1, 0.15) is 0 Å². The first-order valence-electron chi connectivity index (χ1n) is 6.75. The van der Waals surface area contributed by atoms with Gasteiger partial charge in [0.05, 0.1) is 0 Å². The number of halogens is 1. The van der Waals surface area contributed by atoms with Crippen LogP contribution in [0.25, 0.3) is 0 Å². The molecular weight excluding hydrogens is 276 g/mol.